The summed E-state index contributed by atoms with van der Waals surface area (Å²) in [7, 11) is 0. The van der Waals surface area contributed by atoms with Crippen LogP contribution in [0.3, 0.4) is 0 Å². The van der Waals surface area contributed by atoms with Crippen LogP contribution in [0.5, 0.6) is 5.75 Å². The summed E-state index contributed by atoms with van der Waals surface area (Å²) in [5, 5.41) is 7.97. The van der Waals surface area contributed by atoms with Crippen molar-refractivity contribution in [2.24, 2.45) is 0 Å². The highest BCUT2D eigenvalue weighted by Crippen LogP contribution is 2.15. The molecule has 3 aromatic rings. The molecule has 0 saturated carbocycles. The molecule has 0 atom stereocenters. The van der Waals surface area contributed by atoms with Gasteiger partial charge in [0.05, 0.1) is 0 Å². The molecule has 2 N–H and O–H groups in total. The van der Waals surface area contributed by atoms with E-state index in [1.165, 1.54) is 0 Å². The second-order valence-corrected chi connectivity index (χ2v) is 3.77. The third kappa shape index (κ3) is 1.95. The third-order valence-corrected chi connectivity index (χ3v) is 2.49. The number of ether oxygens (including phenoxy) is 1. The van der Waals surface area contributed by atoms with Gasteiger partial charge in [0.1, 0.15) is 12.4 Å². The van der Waals surface area contributed by atoms with E-state index in [4.69, 9.17) is 10.5 Å². The Hall–Kier alpha value is -2.63. The van der Waals surface area contributed by atoms with Crippen LogP contribution in [0, 0.1) is 0 Å². The molecule has 2 aromatic heterocycles. The van der Waals surface area contributed by atoms with E-state index >= 15 is 0 Å². The number of nitrogens with two attached hydrogens (primary N) is 1. The molecule has 6 nitrogen and oxygen atoms in total. The van der Waals surface area contributed by atoms with Gasteiger partial charge < -0.3 is 10.5 Å². The van der Waals surface area contributed by atoms with Crippen LogP contribution in [-0.2, 0) is 6.61 Å². The molecule has 0 aliphatic rings. The number of fused-ring (bicyclic) bond motifs is 1. The summed E-state index contributed by atoms with van der Waals surface area (Å²) >= 11 is 0. The predicted octanol–water partition coefficient (Wildman–Crippen LogP) is 1.29. The quantitative estimate of drug-likeness (QED) is 0.699. The fourth-order valence-corrected chi connectivity index (χ4v) is 1.64. The monoisotopic (exact) mass is 241 g/mol. The molecular weight excluding hydrogens is 230 g/mol. The number of anilines is 1. The highest BCUT2D eigenvalue weighted by atomic mass is 16.5. The number of hydrogen-bond donors (Lipinski definition) is 1. The molecule has 2 heterocycles. The van der Waals surface area contributed by atoms with Crippen molar-refractivity contribution < 1.29 is 4.74 Å². The van der Waals surface area contributed by atoms with Crippen molar-refractivity contribution in [3.63, 3.8) is 0 Å². The lowest BCUT2D eigenvalue weighted by molar-refractivity contribution is 0.294. The van der Waals surface area contributed by atoms with Gasteiger partial charge in [-0.25, -0.2) is 4.98 Å². The molecule has 90 valence electrons. The van der Waals surface area contributed by atoms with Gasteiger partial charge in [0.2, 0.25) is 0 Å². The summed E-state index contributed by atoms with van der Waals surface area (Å²) in [5.41, 5.74) is 6.34. The molecule has 0 bridgehead atoms. The zero-order valence-electron chi connectivity index (χ0n) is 9.52. The van der Waals surface area contributed by atoms with E-state index in [0.29, 0.717) is 29.6 Å². The first kappa shape index (κ1) is 10.5. The van der Waals surface area contributed by atoms with Crippen LogP contribution in [0.1, 0.15) is 5.82 Å². The average molecular weight is 241 g/mol. The Morgan fingerprint density at radius 2 is 2.17 bits per heavy atom. The minimum absolute atomic E-state index is 0.316. The molecule has 0 unspecified atom stereocenters. The highest BCUT2D eigenvalue weighted by Gasteiger charge is 2.06. The molecule has 18 heavy (non-hydrogen) atoms. The Morgan fingerprint density at radius 3 is 3.06 bits per heavy atom. The van der Waals surface area contributed by atoms with E-state index in [2.05, 4.69) is 15.2 Å². The van der Waals surface area contributed by atoms with Gasteiger partial charge >= 0.3 is 0 Å². The fraction of sp³-hybridized carbons (Fsp3) is 0.0833. The fourth-order valence-electron chi connectivity index (χ4n) is 1.64. The molecule has 0 amide bonds. The molecule has 0 aliphatic heterocycles. The largest absolute Gasteiger partial charge is 0.486 e. The second-order valence-electron chi connectivity index (χ2n) is 3.77. The lowest BCUT2D eigenvalue weighted by atomic mass is 10.3. The summed E-state index contributed by atoms with van der Waals surface area (Å²) < 4.78 is 7.39. The number of benzene rings is 1. The Labute approximate surface area is 103 Å². The highest BCUT2D eigenvalue weighted by molar-refractivity contribution is 5.43. The van der Waals surface area contributed by atoms with Crippen LogP contribution in [0.2, 0.25) is 0 Å². The summed E-state index contributed by atoms with van der Waals surface area (Å²) in [6, 6.07) is 9.08. The molecule has 1 aromatic carbocycles. The van der Waals surface area contributed by atoms with E-state index in [1.807, 2.05) is 30.5 Å². The summed E-state index contributed by atoms with van der Waals surface area (Å²) in [4.78, 5) is 4.08. The lowest BCUT2D eigenvalue weighted by Gasteiger charge is -2.05. The predicted molar refractivity (Wildman–Crippen MR) is 66.0 cm³/mol. The Bertz CT molecular complexity index is 679. The molecule has 0 saturated heterocycles. The van der Waals surface area contributed by atoms with E-state index in [1.54, 1.807) is 16.7 Å². The first-order valence-corrected chi connectivity index (χ1v) is 5.46. The van der Waals surface area contributed by atoms with Gasteiger partial charge in [-0.2, -0.15) is 0 Å². The molecule has 6 heteroatoms. The van der Waals surface area contributed by atoms with Gasteiger partial charge in [-0.15, -0.1) is 10.2 Å². The van der Waals surface area contributed by atoms with E-state index in [9.17, 15) is 0 Å². The standard InChI is InChI=1S/C12H11N5O/c13-9-3-1-4-10(7-9)18-8-11-15-16-12-14-5-2-6-17(11)12/h1-7H,8,13H2. The van der Waals surface area contributed by atoms with E-state index in [0.717, 1.165) is 0 Å². The number of rotatable bonds is 3. The molecule has 0 aliphatic carbocycles. The van der Waals surface area contributed by atoms with Gasteiger partial charge in [0, 0.05) is 24.1 Å². The first-order valence-electron chi connectivity index (χ1n) is 5.46. The second kappa shape index (κ2) is 4.33. The summed E-state index contributed by atoms with van der Waals surface area (Å²) in [6.45, 7) is 0.316. The van der Waals surface area contributed by atoms with Crippen molar-refractivity contribution in [3.8, 4) is 5.75 Å². The van der Waals surface area contributed by atoms with Crippen LogP contribution < -0.4 is 10.5 Å². The van der Waals surface area contributed by atoms with Crippen LogP contribution in [0.4, 0.5) is 5.69 Å². The van der Waals surface area contributed by atoms with Gasteiger partial charge in [0.15, 0.2) is 5.82 Å². The summed E-state index contributed by atoms with van der Waals surface area (Å²) in [5.74, 6) is 1.96. The molecule has 0 fully saturated rings. The van der Waals surface area contributed by atoms with Crippen molar-refractivity contribution in [2.75, 3.05) is 5.73 Å². The number of aromatic nitrogens is 4. The maximum absolute atomic E-state index is 5.67. The Balaban J connectivity index is 1.81. The van der Waals surface area contributed by atoms with Gasteiger partial charge in [0.25, 0.3) is 5.78 Å². The van der Waals surface area contributed by atoms with Crippen LogP contribution in [0.15, 0.2) is 42.7 Å². The zero-order valence-corrected chi connectivity index (χ0v) is 9.52. The maximum atomic E-state index is 5.67. The maximum Gasteiger partial charge on any atom is 0.255 e. The van der Waals surface area contributed by atoms with Gasteiger partial charge in [-0.3, -0.25) is 4.40 Å². The lowest BCUT2D eigenvalue weighted by Crippen LogP contribution is -2.01. The van der Waals surface area contributed by atoms with Crippen molar-refractivity contribution in [3.05, 3.63) is 48.5 Å². The SMILES string of the molecule is Nc1cccc(OCc2nnc3ncccn23)c1. The number of nitrogen functional groups attached to an aromatic ring is 1. The normalized spacial score (nSPS) is 10.7. The zero-order chi connectivity index (χ0) is 12.4. The summed E-state index contributed by atoms with van der Waals surface area (Å²) in [6.07, 6.45) is 3.52. The Morgan fingerprint density at radius 1 is 1.22 bits per heavy atom. The Kier molecular flexibility index (Phi) is 2.53. The van der Waals surface area contributed by atoms with Crippen molar-refractivity contribution in [2.45, 2.75) is 6.61 Å². The smallest absolute Gasteiger partial charge is 0.255 e. The topological polar surface area (TPSA) is 78.3 Å². The van der Waals surface area contributed by atoms with E-state index < -0.39 is 0 Å². The van der Waals surface area contributed by atoms with Crippen LogP contribution in [0.25, 0.3) is 5.78 Å². The van der Waals surface area contributed by atoms with Gasteiger partial charge in [-0.05, 0) is 18.2 Å². The average Bonchev–Trinajstić information content (AvgIpc) is 2.80. The van der Waals surface area contributed by atoms with Crippen molar-refractivity contribution in [1.29, 1.82) is 0 Å². The van der Waals surface area contributed by atoms with Crippen LogP contribution >= 0.6 is 0 Å². The minimum Gasteiger partial charge on any atom is -0.486 e. The number of hydrogen-bond acceptors (Lipinski definition) is 5. The first-order chi connectivity index (χ1) is 8.83. The third-order valence-electron chi connectivity index (χ3n) is 2.49. The molecule has 0 spiro atoms. The molecular formula is C12H11N5O. The molecule has 3 rings (SSSR count). The molecule has 0 radical (unpaired) electrons. The van der Waals surface area contributed by atoms with Crippen LogP contribution in [-0.4, -0.2) is 19.6 Å². The van der Waals surface area contributed by atoms with Gasteiger partial charge in [-0.1, -0.05) is 6.07 Å². The van der Waals surface area contributed by atoms with Crippen molar-refractivity contribution in [1.82, 2.24) is 19.6 Å². The van der Waals surface area contributed by atoms with Crippen molar-refractivity contribution >= 4 is 11.5 Å². The minimum atomic E-state index is 0.316. The van der Waals surface area contributed by atoms with E-state index in [-0.39, 0.29) is 0 Å². The number of nitrogens with zero attached hydrogens (tertiary/aromatic N) is 4.